The number of pyridine rings is 1. The highest BCUT2D eigenvalue weighted by molar-refractivity contribution is 5.86. The topological polar surface area (TPSA) is 299 Å². The molecule has 0 fully saturated rings. The van der Waals surface area contributed by atoms with Crippen molar-refractivity contribution < 1.29 is 76.3 Å². The number of rotatable bonds is 21. The Morgan fingerprint density at radius 2 is 0.958 bits per heavy atom. The Labute approximate surface area is 549 Å². The van der Waals surface area contributed by atoms with Crippen molar-refractivity contribution in [1.29, 1.82) is 5.26 Å². The third-order valence-electron chi connectivity index (χ3n) is 15.1. The molecule has 0 bridgehead atoms. The van der Waals surface area contributed by atoms with Crippen molar-refractivity contribution in [2.75, 3.05) is 6.61 Å². The summed E-state index contributed by atoms with van der Waals surface area (Å²) in [5.74, 6) is -2.28. The highest BCUT2D eigenvalue weighted by atomic mass is 19.1. The second kappa shape index (κ2) is 32.1. The first kappa shape index (κ1) is 66.4. The Kier molecular flexibility index (Phi) is 22.2. The normalized spacial score (nSPS) is 12.9. The van der Waals surface area contributed by atoms with Crippen molar-refractivity contribution >= 4 is 58.1 Å². The smallest absolute Gasteiger partial charge is 0.408 e. The lowest BCUT2D eigenvalue weighted by Gasteiger charge is -2.16. The lowest BCUT2D eigenvalue weighted by atomic mass is 10.0. The number of nitrogens with one attached hydrogen (secondary N) is 3. The highest BCUT2D eigenvalue weighted by Crippen LogP contribution is 2.34. The summed E-state index contributed by atoms with van der Waals surface area (Å²) in [5, 5.41) is 46.1. The minimum atomic E-state index is -1.22. The molecule has 21 heteroatoms. The van der Waals surface area contributed by atoms with E-state index >= 15 is 0 Å². The lowest BCUT2D eigenvalue weighted by molar-refractivity contribution is -0.140. The number of nitriles is 1. The van der Waals surface area contributed by atoms with E-state index in [0.717, 1.165) is 66.6 Å². The Hall–Kier alpha value is -12.6. The van der Waals surface area contributed by atoms with Gasteiger partial charge >= 0.3 is 36.2 Å². The Morgan fingerprint density at radius 1 is 0.500 bits per heavy atom. The van der Waals surface area contributed by atoms with Gasteiger partial charge in [-0.15, -0.1) is 0 Å². The molecule has 96 heavy (non-hydrogen) atoms. The van der Waals surface area contributed by atoms with Crippen molar-refractivity contribution in [1.82, 2.24) is 20.9 Å². The Bertz CT molecular complexity index is 4540. The van der Waals surface area contributed by atoms with E-state index in [9.17, 15) is 48.5 Å². The average molecular weight is 1290 g/mol. The first-order valence-electron chi connectivity index (χ1n) is 30.2. The van der Waals surface area contributed by atoms with Crippen LogP contribution in [0.4, 0.5) is 18.8 Å². The summed E-state index contributed by atoms with van der Waals surface area (Å²) >= 11 is 0. The summed E-state index contributed by atoms with van der Waals surface area (Å²) in [4.78, 5) is 75.1. The summed E-state index contributed by atoms with van der Waals surface area (Å²) in [5.41, 5.74) is 11.1. The molecule has 8 aromatic carbocycles. The number of alkyl carbamates (subject to hydrolysis) is 3. The Balaban J connectivity index is 0.000000157. The number of benzene rings is 8. The number of carboxylic acid groups (broad SMARTS) is 3. The zero-order valence-corrected chi connectivity index (χ0v) is 51.2. The standard InChI is InChI=1S/C26H20N2O5.C25H23NO5.C24H19FN2O5/c27-15-18-7-4-8-19(11-18)20-9-10-24-21(13-20)14-22(33-24)16-32-26(31)28-23(25(29)30)12-17-5-2-1-3-6-17;27-24(28)22(13-17-7-3-1-4-8-17)26-25(29)30-16-21-15-20-14-19(11-12-23(20)31-21)18-9-5-2-6-10-18;25-19-6-3-15(4-7-19)10-21(23(28)29)27-24(30)31-14-20-12-18-11-16(5-8-22(18)32-20)17-2-1-9-26-13-17/h1-11,13-14,23H,12,16H2,(H,28,31)(H,29,30);1-12,14,21-22H,13,15-16H2,(H,26,29)(H,27,28);1-9,11-13,21H,10,14H2,(H,27,30)(H,28,29)/t23-;21-,22-;/m11./s1. The third-order valence-corrected chi connectivity index (χ3v) is 15.1. The molecule has 12 rings (SSSR count). The summed E-state index contributed by atoms with van der Waals surface area (Å²) in [6.45, 7) is -0.262. The predicted octanol–water partition coefficient (Wildman–Crippen LogP) is 13.5. The zero-order valence-electron chi connectivity index (χ0n) is 51.2. The number of carbonyl (C=O) groups is 6. The fourth-order valence-electron chi connectivity index (χ4n) is 10.4. The van der Waals surface area contributed by atoms with Crippen LogP contribution in [-0.2, 0) is 67.5 Å². The van der Waals surface area contributed by atoms with E-state index in [1.807, 2.05) is 133 Å². The fourth-order valence-corrected chi connectivity index (χ4v) is 10.4. The van der Waals surface area contributed by atoms with Gasteiger partial charge in [0.15, 0.2) is 13.2 Å². The summed E-state index contributed by atoms with van der Waals surface area (Å²) in [6, 6.07) is 64.3. The van der Waals surface area contributed by atoms with Gasteiger partial charge in [0.2, 0.25) is 0 Å². The first-order chi connectivity index (χ1) is 46.6. The first-order valence-corrected chi connectivity index (χ1v) is 30.2. The average Bonchev–Trinajstić information content (AvgIpc) is 1.67. The maximum absolute atomic E-state index is 13.0. The summed E-state index contributed by atoms with van der Waals surface area (Å²) in [7, 11) is 0. The van der Waals surface area contributed by atoms with Crippen molar-refractivity contribution in [3.8, 4) is 45.2 Å². The van der Waals surface area contributed by atoms with Gasteiger partial charge in [0.1, 0.15) is 65.1 Å². The molecule has 1 unspecified atom stereocenters. The largest absolute Gasteiger partial charge is 0.486 e. The molecule has 1 aliphatic rings. The van der Waals surface area contributed by atoms with Gasteiger partial charge in [0.25, 0.3) is 0 Å². The number of carbonyl (C=O) groups excluding carboxylic acids is 3. The van der Waals surface area contributed by atoms with Gasteiger partial charge in [-0.25, -0.2) is 33.2 Å². The second-order valence-corrected chi connectivity index (χ2v) is 22.1. The van der Waals surface area contributed by atoms with E-state index in [4.69, 9.17) is 33.0 Å². The number of hydrogen-bond donors (Lipinski definition) is 6. The van der Waals surface area contributed by atoms with Crippen LogP contribution in [0.1, 0.15) is 39.3 Å². The molecule has 6 N–H and O–H groups in total. The molecule has 4 heterocycles. The number of halogens is 1. The van der Waals surface area contributed by atoms with E-state index in [2.05, 4.69) is 45.2 Å². The van der Waals surface area contributed by atoms with E-state index < -0.39 is 60.1 Å². The molecule has 484 valence electrons. The number of hydrogen-bond acceptors (Lipinski definition) is 14. The molecule has 4 atom stereocenters. The van der Waals surface area contributed by atoms with Crippen LogP contribution >= 0.6 is 0 Å². The van der Waals surface area contributed by atoms with Gasteiger partial charge in [-0.1, -0.05) is 140 Å². The van der Waals surface area contributed by atoms with Gasteiger partial charge < -0.3 is 59.1 Å². The minimum absolute atomic E-state index is 0.00747. The monoisotopic (exact) mass is 1290 g/mol. The number of fused-ring (bicyclic) bond motifs is 3. The molecule has 0 spiro atoms. The lowest BCUT2D eigenvalue weighted by Crippen LogP contribution is -2.43. The van der Waals surface area contributed by atoms with Gasteiger partial charge in [0, 0.05) is 54.4 Å². The molecule has 1 aliphatic heterocycles. The number of nitrogens with zero attached hydrogens (tertiary/aromatic N) is 2. The third kappa shape index (κ3) is 18.8. The van der Waals surface area contributed by atoms with Crippen LogP contribution in [0.5, 0.6) is 5.75 Å². The fraction of sp³-hybridized carbons (Fsp3) is 0.147. The second-order valence-electron chi connectivity index (χ2n) is 22.1. The van der Waals surface area contributed by atoms with E-state index in [1.54, 1.807) is 54.9 Å². The van der Waals surface area contributed by atoms with E-state index in [-0.39, 0.29) is 45.2 Å². The Morgan fingerprint density at radius 3 is 1.47 bits per heavy atom. The van der Waals surface area contributed by atoms with Gasteiger partial charge in [-0.05, 0) is 129 Å². The molecule has 3 aromatic heterocycles. The molecular weight excluding hydrogens is 1230 g/mol. The molecule has 0 aliphatic carbocycles. The summed E-state index contributed by atoms with van der Waals surface area (Å²) in [6.07, 6.45) is 1.60. The number of carboxylic acids is 3. The number of furan rings is 2. The molecule has 0 saturated heterocycles. The molecular formula is C75H62FN5O15. The molecule has 0 saturated carbocycles. The van der Waals surface area contributed by atoms with Crippen LogP contribution < -0.4 is 20.7 Å². The quantitative estimate of drug-likeness (QED) is 0.0364. The van der Waals surface area contributed by atoms with Crippen molar-refractivity contribution in [2.24, 2.45) is 0 Å². The summed E-state index contributed by atoms with van der Waals surface area (Å²) < 4.78 is 45.9. The van der Waals surface area contributed by atoms with E-state index in [1.165, 1.54) is 24.3 Å². The minimum Gasteiger partial charge on any atom is -0.486 e. The van der Waals surface area contributed by atoms with Crippen molar-refractivity contribution in [3.63, 3.8) is 0 Å². The molecule has 11 aromatic rings. The SMILES string of the molecule is N#Cc1cccc(-c2ccc3oc(COC(=O)N[C@H](Cc4ccccc4)C(=O)O)cc3c2)c1.O=C(NC(Cc1ccc(F)cc1)C(=O)O)OCc1cc2cc(-c3cccnc3)ccc2o1.O=C(N[C@H](Cc1ccccc1)C(=O)O)OC[C@H]1Cc2cc(-c3ccccc3)ccc2O1. The molecule has 0 radical (unpaired) electrons. The highest BCUT2D eigenvalue weighted by Gasteiger charge is 2.28. The van der Waals surface area contributed by atoms with Crippen LogP contribution in [0.2, 0.25) is 0 Å². The van der Waals surface area contributed by atoms with Gasteiger partial charge in [-0.2, -0.15) is 5.26 Å². The van der Waals surface area contributed by atoms with Gasteiger partial charge in [0.05, 0.1) is 11.6 Å². The number of aromatic nitrogens is 1. The number of amides is 3. The number of aliphatic carboxylic acids is 3. The van der Waals surface area contributed by atoms with Crippen LogP contribution in [0.15, 0.2) is 240 Å². The van der Waals surface area contributed by atoms with Crippen LogP contribution in [0.3, 0.4) is 0 Å². The van der Waals surface area contributed by atoms with Crippen molar-refractivity contribution in [3.05, 3.63) is 276 Å². The van der Waals surface area contributed by atoms with Gasteiger partial charge in [-0.3, -0.25) is 4.98 Å². The maximum Gasteiger partial charge on any atom is 0.408 e. The predicted molar refractivity (Wildman–Crippen MR) is 352 cm³/mol. The van der Waals surface area contributed by atoms with Crippen LogP contribution in [0.25, 0.3) is 55.3 Å². The maximum atomic E-state index is 13.0. The molecule has 20 nitrogen and oxygen atoms in total. The van der Waals surface area contributed by atoms with Crippen LogP contribution in [-0.4, -0.2) is 87.3 Å². The zero-order chi connectivity index (χ0) is 67.3. The number of ether oxygens (including phenoxy) is 4. The van der Waals surface area contributed by atoms with E-state index in [0.29, 0.717) is 40.2 Å². The molecule has 3 amide bonds. The van der Waals surface area contributed by atoms with Crippen molar-refractivity contribution in [2.45, 2.75) is 63.1 Å². The van der Waals surface area contributed by atoms with Crippen LogP contribution in [0, 0.1) is 17.1 Å².